The van der Waals surface area contributed by atoms with Gasteiger partial charge in [0.05, 0.1) is 0 Å². The first kappa shape index (κ1) is 5.59. The van der Waals surface area contributed by atoms with Crippen LogP contribution in [0.5, 0.6) is 0 Å². The van der Waals surface area contributed by atoms with Crippen molar-refractivity contribution in [3.8, 4) is 0 Å². The summed E-state index contributed by atoms with van der Waals surface area (Å²) in [7, 11) is 0. The van der Waals surface area contributed by atoms with Gasteiger partial charge in [-0.05, 0) is 12.1 Å². The molecule has 9 heavy (non-hydrogen) atoms. The van der Waals surface area contributed by atoms with E-state index in [9.17, 15) is 0 Å². The summed E-state index contributed by atoms with van der Waals surface area (Å²) in [5.41, 5.74) is 8.56. The Morgan fingerprint density at radius 1 is 1.67 bits per heavy atom. The normalized spacial score (nSPS) is 8.00. The van der Waals surface area contributed by atoms with Crippen molar-refractivity contribution in [2.24, 2.45) is 0 Å². The second-order valence-electron chi connectivity index (χ2n) is 1.39. The number of hydrogen-bond donors (Lipinski definition) is 0. The molecule has 1 aromatic rings. The van der Waals surface area contributed by atoms with Crippen LogP contribution in [0.25, 0.3) is 5.53 Å². The van der Waals surface area contributed by atoms with Crippen molar-refractivity contribution in [3.05, 3.63) is 29.6 Å². The maximum Gasteiger partial charge on any atom is 0.307 e. The van der Waals surface area contributed by atoms with Crippen LogP contribution in [0.3, 0.4) is 0 Å². The van der Waals surface area contributed by atoms with Crippen LogP contribution in [-0.4, -0.2) is 21.2 Å². The topological polar surface area (TPSA) is 62.2 Å². The number of aromatic nitrogens is 2. The van der Waals surface area contributed by atoms with Gasteiger partial charge in [-0.3, -0.25) is 0 Å². The summed E-state index contributed by atoms with van der Waals surface area (Å²) in [4.78, 5) is 2.78. The Labute approximate surface area is 51.8 Å². The van der Waals surface area contributed by atoms with Gasteiger partial charge in [-0.15, -0.1) is 5.10 Å². The van der Waals surface area contributed by atoms with Gasteiger partial charge < -0.3 is 5.53 Å². The molecule has 0 aliphatic heterocycles. The van der Waals surface area contributed by atoms with Gasteiger partial charge in [-0.1, -0.05) is 0 Å². The molecule has 0 spiro atoms. The summed E-state index contributed by atoms with van der Waals surface area (Å²) in [6.07, 6.45) is 2.77. The van der Waals surface area contributed by atoms with Gasteiger partial charge in [-0.25, -0.2) is 0 Å². The Balaban J connectivity index is 2.97. The molecule has 0 N–H and O–H groups in total. The van der Waals surface area contributed by atoms with Crippen LogP contribution in [0.2, 0.25) is 0 Å². The van der Waals surface area contributed by atoms with Crippen molar-refractivity contribution in [2.75, 3.05) is 0 Å². The van der Waals surface area contributed by atoms with Gasteiger partial charge in [0.15, 0.2) is 5.69 Å². The van der Waals surface area contributed by atoms with Gasteiger partial charge in [0.25, 0.3) is 0 Å². The summed E-state index contributed by atoms with van der Waals surface area (Å²) in [6, 6.07) is 3.40. The average molecular weight is 120 g/mol. The summed E-state index contributed by atoms with van der Waals surface area (Å²) in [5, 5.41) is 7.16. The highest BCUT2D eigenvalue weighted by Crippen LogP contribution is 1.81. The molecule has 1 aromatic heterocycles. The molecule has 4 nitrogen and oxygen atoms in total. The van der Waals surface area contributed by atoms with Gasteiger partial charge in [0.2, 0.25) is 0 Å². The van der Waals surface area contributed by atoms with E-state index in [1.807, 2.05) is 0 Å². The van der Waals surface area contributed by atoms with E-state index >= 15 is 0 Å². The zero-order valence-corrected chi connectivity index (χ0v) is 4.60. The van der Waals surface area contributed by atoms with E-state index in [4.69, 9.17) is 5.53 Å². The SMILES string of the molecule is [N-]=[N+]=Cc1cccnn1. The highest BCUT2D eigenvalue weighted by molar-refractivity contribution is 5.71. The van der Waals surface area contributed by atoms with Crippen LogP contribution in [0, 0.1) is 0 Å². The van der Waals surface area contributed by atoms with Crippen LogP contribution in [0.15, 0.2) is 18.3 Å². The fraction of sp³-hybridized carbons (Fsp3) is 0. The van der Waals surface area contributed by atoms with Crippen molar-refractivity contribution in [2.45, 2.75) is 0 Å². The molecular weight excluding hydrogens is 116 g/mol. The van der Waals surface area contributed by atoms with Crippen molar-refractivity contribution < 1.29 is 4.79 Å². The van der Waals surface area contributed by atoms with Crippen LogP contribution >= 0.6 is 0 Å². The maximum atomic E-state index is 8.02. The van der Waals surface area contributed by atoms with E-state index in [2.05, 4.69) is 15.0 Å². The third kappa shape index (κ3) is 1.44. The Morgan fingerprint density at radius 2 is 2.56 bits per heavy atom. The van der Waals surface area contributed by atoms with E-state index < -0.39 is 0 Å². The quantitative estimate of drug-likeness (QED) is 0.300. The minimum absolute atomic E-state index is 0.542. The molecule has 0 aromatic carbocycles. The lowest BCUT2D eigenvalue weighted by molar-refractivity contribution is 0.00421. The van der Waals surface area contributed by atoms with Crippen LogP contribution in [-0.2, 0) is 0 Å². The second kappa shape index (κ2) is 2.69. The predicted molar refractivity (Wildman–Crippen MR) is 30.8 cm³/mol. The third-order valence-electron chi connectivity index (χ3n) is 0.783. The van der Waals surface area contributed by atoms with Crippen molar-refractivity contribution in [1.29, 1.82) is 0 Å². The van der Waals surface area contributed by atoms with Crippen LogP contribution < -0.4 is 0 Å². The minimum Gasteiger partial charge on any atom is -0.361 e. The molecule has 0 bridgehead atoms. The van der Waals surface area contributed by atoms with E-state index in [0.717, 1.165) is 0 Å². The summed E-state index contributed by atoms with van der Waals surface area (Å²) in [6.45, 7) is 0. The smallest absolute Gasteiger partial charge is 0.307 e. The first-order valence-electron chi connectivity index (χ1n) is 2.38. The largest absolute Gasteiger partial charge is 0.361 e. The fourth-order valence-corrected chi connectivity index (χ4v) is 0.441. The fourth-order valence-electron chi connectivity index (χ4n) is 0.441. The van der Waals surface area contributed by atoms with Gasteiger partial charge in [0, 0.05) is 6.20 Å². The van der Waals surface area contributed by atoms with Gasteiger partial charge in [-0.2, -0.15) is 9.89 Å². The molecule has 0 saturated carbocycles. The molecular formula is C5H4N4. The molecule has 44 valence electrons. The summed E-state index contributed by atoms with van der Waals surface area (Å²) >= 11 is 0. The average Bonchev–Trinajstić information content (AvgIpc) is 1.91. The third-order valence-corrected chi connectivity index (χ3v) is 0.783. The molecule has 0 saturated heterocycles. The van der Waals surface area contributed by atoms with E-state index in [1.54, 1.807) is 18.3 Å². The summed E-state index contributed by atoms with van der Waals surface area (Å²) in [5.74, 6) is 0. The van der Waals surface area contributed by atoms with E-state index in [1.165, 1.54) is 6.21 Å². The Hall–Kier alpha value is -1.54. The number of rotatable bonds is 1. The molecule has 0 unspecified atom stereocenters. The number of hydrogen-bond acceptors (Lipinski definition) is 2. The Bertz CT molecular complexity index is 224. The molecule has 1 rings (SSSR count). The Morgan fingerprint density at radius 3 is 3.11 bits per heavy atom. The molecule has 0 fully saturated rings. The second-order valence-corrected chi connectivity index (χ2v) is 1.39. The van der Waals surface area contributed by atoms with Crippen molar-refractivity contribution in [3.63, 3.8) is 0 Å². The lowest BCUT2D eigenvalue weighted by atomic mass is 10.4. The van der Waals surface area contributed by atoms with Gasteiger partial charge in [0.1, 0.15) is 0 Å². The van der Waals surface area contributed by atoms with Crippen molar-refractivity contribution in [1.82, 2.24) is 10.2 Å². The highest BCUT2D eigenvalue weighted by atomic mass is 15.1. The molecule has 0 aliphatic rings. The molecule has 4 heteroatoms. The lowest BCUT2D eigenvalue weighted by Crippen LogP contribution is -1.88. The van der Waals surface area contributed by atoms with Gasteiger partial charge >= 0.3 is 6.21 Å². The predicted octanol–water partition coefficient (Wildman–Crippen LogP) is 0.125. The van der Waals surface area contributed by atoms with Crippen LogP contribution in [0.1, 0.15) is 5.69 Å². The molecule has 0 amide bonds. The minimum atomic E-state index is 0.542. The van der Waals surface area contributed by atoms with Crippen molar-refractivity contribution >= 4 is 6.21 Å². The van der Waals surface area contributed by atoms with E-state index in [-0.39, 0.29) is 0 Å². The molecule has 0 atom stereocenters. The van der Waals surface area contributed by atoms with E-state index in [0.29, 0.717) is 5.69 Å². The standard InChI is InChI=1S/C5H4N4/c6-7-4-5-2-1-3-8-9-5/h1-4H. The van der Waals surface area contributed by atoms with Crippen LogP contribution in [0.4, 0.5) is 0 Å². The zero-order valence-electron chi connectivity index (χ0n) is 4.60. The molecule has 0 aliphatic carbocycles. The molecule has 0 radical (unpaired) electrons. The Kier molecular flexibility index (Phi) is 1.67. The monoisotopic (exact) mass is 120 g/mol. The highest BCUT2D eigenvalue weighted by Gasteiger charge is 1.88. The maximum absolute atomic E-state index is 8.02. The first-order chi connectivity index (χ1) is 4.43. The lowest BCUT2D eigenvalue weighted by Gasteiger charge is -1.78. The zero-order chi connectivity index (χ0) is 6.53. The summed E-state index contributed by atoms with van der Waals surface area (Å²) < 4.78 is 0. The molecule has 1 heterocycles. The number of nitrogens with zero attached hydrogens (tertiary/aromatic N) is 4. The first-order valence-corrected chi connectivity index (χ1v) is 2.38.